The molecule has 0 heterocycles. The van der Waals surface area contributed by atoms with E-state index in [0.29, 0.717) is 22.1 Å². The first kappa shape index (κ1) is 24.7. The van der Waals surface area contributed by atoms with Crippen molar-refractivity contribution in [2.24, 2.45) is 0 Å². The molecule has 2 amide bonds. The number of hydrogen-bond donors (Lipinski definition) is 2. The van der Waals surface area contributed by atoms with Gasteiger partial charge in [0.2, 0.25) is 5.91 Å². The number of amides is 2. The molecule has 0 radical (unpaired) electrons. The quantitative estimate of drug-likeness (QED) is 0.461. The van der Waals surface area contributed by atoms with Crippen LogP contribution in [0.4, 0.5) is 11.4 Å². The van der Waals surface area contributed by atoms with Crippen LogP contribution in [0.3, 0.4) is 0 Å². The van der Waals surface area contributed by atoms with Crippen LogP contribution in [0.2, 0.25) is 5.02 Å². The van der Waals surface area contributed by atoms with Crippen molar-refractivity contribution in [3.63, 3.8) is 0 Å². The molecule has 2 aromatic rings. The number of carbonyl (C=O) groups excluding carboxylic acids is 3. The topological polar surface area (TPSA) is 93.7 Å². The first-order chi connectivity index (χ1) is 14.7. The summed E-state index contributed by atoms with van der Waals surface area (Å²) in [6, 6.07) is 8.53. The van der Waals surface area contributed by atoms with Crippen LogP contribution < -0.4 is 15.4 Å². The molecule has 0 saturated heterocycles. The Kier molecular flexibility index (Phi) is 9.33. The summed E-state index contributed by atoms with van der Waals surface area (Å²) in [5.74, 6) is -0.779. The minimum atomic E-state index is -0.550. The predicted molar refractivity (Wildman–Crippen MR) is 124 cm³/mol. The third-order valence-corrected chi connectivity index (χ3v) is 5.79. The van der Waals surface area contributed by atoms with E-state index in [2.05, 4.69) is 26.6 Å². The van der Waals surface area contributed by atoms with Gasteiger partial charge in [0, 0.05) is 28.0 Å². The highest BCUT2D eigenvalue weighted by atomic mass is 79.9. The summed E-state index contributed by atoms with van der Waals surface area (Å²) in [4.78, 5) is 36.0. The van der Waals surface area contributed by atoms with Crippen molar-refractivity contribution < 1.29 is 23.9 Å². The second-order valence-electron chi connectivity index (χ2n) is 6.88. The van der Waals surface area contributed by atoms with E-state index in [9.17, 15) is 14.4 Å². The van der Waals surface area contributed by atoms with Crippen molar-refractivity contribution in [3.8, 4) is 5.75 Å². The lowest BCUT2D eigenvalue weighted by molar-refractivity contribution is -0.147. The monoisotopic (exact) mass is 510 g/mol. The van der Waals surface area contributed by atoms with Crippen LogP contribution in [-0.4, -0.2) is 31.5 Å². The van der Waals surface area contributed by atoms with Gasteiger partial charge in [-0.1, -0.05) is 27.5 Å². The standard InChI is InChI=1S/C22H24BrClN2O5/c1-13-9-16(10-14(2)22(13)23)25-20(28)12-31-21(29)6-4-5-19(27)26-17-11-15(24)7-8-18(17)30-3/h7-11H,4-6,12H2,1-3H3,(H,25,28)(H,26,27). The minimum absolute atomic E-state index is 0.0177. The molecule has 2 rings (SSSR count). The summed E-state index contributed by atoms with van der Waals surface area (Å²) >= 11 is 9.40. The highest BCUT2D eigenvalue weighted by Gasteiger charge is 2.12. The lowest BCUT2D eigenvalue weighted by Crippen LogP contribution is -2.21. The van der Waals surface area contributed by atoms with Gasteiger partial charge in [-0.3, -0.25) is 14.4 Å². The normalized spacial score (nSPS) is 10.4. The van der Waals surface area contributed by atoms with Gasteiger partial charge in [0.05, 0.1) is 12.8 Å². The van der Waals surface area contributed by atoms with Gasteiger partial charge >= 0.3 is 5.97 Å². The average Bonchev–Trinajstić information content (AvgIpc) is 2.70. The fourth-order valence-corrected chi connectivity index (χ4v) is 3.22. The molecule has 0 saturated carbocycles. The van der Waals surface area contributed by atoms with Crippen LogP contribution in [-0.2, 0) is 19.1 Å². The molecule has 31 heavy (non-hydrogen) atoms. The van der Waals surface area contributed by atoms with E-state index in [1.807, 2.05) is 26.0 Å². The molecule has 0 aliphatic heterocycles. The highest BCUT2D eigenvalue weighted by Crippen LogP contribution is 2.28. The largest absolute Gasteiger partial charge is 0.495 e. The summed E-state index contributed by atoms with van der Waals surface area (Å²) in [6.45, 7) is 3.45. The van der Waals surface area contributed by atoms with Crippen LogP contribution in [0.15, 0.2) is 34.8 Å². The second-order valence-corrected chi connectivity index (χ2v) is 8.11. The van der Waals surface area contributed by atoms with Crippen LogP contribution in [0.5, 0.6) is 5.75 Å². The number of anilines is 2. The zero-order valence-electron chi connectivity index (χ0n) is 17.5. The summed E-state index contributed by atoms with van der Waals surface area (Å²) < 4.78 is 11.1. The molecule has 0 aromatic heterocycles. The molecule has 0 unspecified atom stereocenters. The van der Waals surface area contributed by atoms with Gasteiger partial charge in [0.15, 0.2) is 6.61 Å². The fourth-order valence-electron chi connectivity index (χ4n) is 2.82. The Morgan fingerprint density at radius 2 is 1.68 bits per heavy atom. The molecule has 0 bridgehead atoms. The van der Waals surface area contributed by atoms with E-state index in [1.54, 1.807) is 18.2 Å². The lowest BCUT2D eigenvalue weighted by Gasteiger charge is -2.11. The van der Waals surface area contributed by atoms with Gasteiger partial charge in [-0.2, -0.15) is 0 Å². The smallest absolute Gasteiger partial charge is 0.306 e. The summed E-state index contributed by atoms with van der Waals surface area (Å²) in [5, 5.41) is 5.86. The lowest BCUT2D eigenvalue weighted by atomic mass is 10.1. The molecule has 166 valence electrons. The van der Waals surface area contributed by atoms with Gasteiger partial charge in [-0.25, -0.2) is 0 Å². The Morgan fingerprint density at radius 3 is 2.32 bits per heavy atom. The molecule has 0 atom stereocenters. The second kappa shape index (κ2) is 11.7. The number of benzene rings is 2. The third-order valence-electron chi connectivity index (χ3n) is 4.30. The van der Waals surface area contributed by atoms with Crippen molar-refractivity contribution in [1.82, 2.24) is 0 Å². The van der Waals surface area contributed by atoms with Crippen molar-refractivity contribution in [1.29, 1.82) is 0 Å². The maximum Gasteiger partial charge on any atom is 0.306 e. The number of ether oxygens (including phenoxy) is 2. The molecule has 0 aliphatic carbocycles. The molecule has 2 N–H and O–H groups in total. The Labute approximate surface area is 194 Å². The molecule has 0 fully saturated rings. The minimum Gasteiger partial charge on any atom is -0.495 e. The number of carbonyl (C=O) groups is 3. The summed E-state index contributed by atoms with van der Waals surface area (Å²) in [6.07, 6.45) is 0.401. The van der Waals surface area contributed by atoms with Crippen molar-refractivity contribution in [3.05, 3.63) is 51.0 Å². The van der Waals surface area contributed by atoms with Crippen LogP contribution in [0.1, 0.15) is 30.4 Å². The van der Waals surface area contributed by atoms with Gasteiger partial charge < -0.3 is 20.1 Å². The number of esters is 1. The van der Waals surface area contributed by atoms with Crippen LogP contribution in [0, 0.1) is 13.8 Å². The SMILES string of the molecule is COc1ccc(Cl)cc1NC(=O)CCCC(=O)OCC(=O)Nc1cc(C)c(Br)c(C)c1. The van der Waals surface area contributed by atoms with E-state index in [0.717, 1.165) is 15.6 Å². The number of hydrogen-bond acceptors (Lipinski definition) is 5. The maximum atomic E-state index is 12.1. The van der Waals surface area contributed by atoms with Crippen LogP contribution >= 0.6 is 27.5 Å². The van der Waals surface area contributed by atoms with Crippen molar-refractivity contribution in [2.45, 2.75) is 33.1 Å². The van der Waals surface area contributed by atoms with E-state index < -0.39 is 11.9 Å². The molecule has 2 aromatic carbocycles. The number of methoxy groups -OCH3 is 1. The van der Waals surface area contributed by atoms with E-state index >= 15 is 0 Å². The Bertz CT molecular complexity index is 957. The van der Waals surface area contributed by atoms with Gasteiger partial charge in [0.1, 0.15) is 5.75 Å². The number of rotatable bonds is 9. The first-order valence-corrected chi connectivity index (χ1v) is 10.7. The Balaban J connectivity index is 1.72. The Hall–Kier alpha value is -2.58. The number of nitrogens with one attached hydrogen (secondary N) is 2. The summed E-state index contributed by atoms with van der Waals surface area (Å²) in [5.41, 5.74) is 3.06. The first-order valence-electron chi connectivity index (χ1n) is 9.55. The van der Waals surface area contributed by atoms with Crippen LogP contribution in [0.25, 0.3) is 0 Å². The fraction of sp³-hybridized carbons (Fsp3) is 0.318. The Morgan fingerprint density at radius 1 is 1.00 bits per heavy atom. The van der Waals surface area contributed by atoms with E-state index in [-0.39, 0.29) is 31.8 Å². The molecule has 7 nitrogen and oxygen atoms in total. The van der Waals surface area contributed by atoms with Crippen molar-refractivity contribution in [2.75, 3.05) is 24.4 Å². The van der Waals surface area contributed by atoms with Gasteiger partial charge in [-0.05, 0) is 61.7 Å². The molecule has 0 spiro atoms. The third kappa shape index (κ3) is 7.88. The maximum absolute atomic E-state index is 12.1. The van der Waals surface area contributed by atoms with Gasteiger partial charge in [-0.15, -0.1) is 0 Å². The molecule has 9 heteroatoms. The van der Waals surface area contributed by atoms with Gasteiger partial charge in [0.25, 0.3) is 5.91 Å². The zero-order chi connectivity index (χ0) is 23.0. The average molecular weight is 512 g/mol. The van der Waals surface area contributed by atoms with E-state index in [4.69, 9.17) is 21.1 Å². The molecular weight excluding hydrogens is 488 g/mol. The predicted octanol–water partition coefficient (Wildman–Crippen LogP) is 5.02. The van der Waals surface area contributed by atoms with E-state index in [1.165, 1.54) is 7.11 Å². The number of halogens is 2. The molecule has 0 aliphatic rings. The summed E-state index contributed by atoms with van der Waals surface area (Å²) in [7, 11) is 1.49. The van der Waals surface area contributed by atoms with Crippen molar-refractivity contribution >= 4 is 56.7 Å². The molecular formula is C22H24BrClN2O5. The number of aryl methyl sites for hydroxylation is 2. The zero-order valence-corrected chi connectivity index (χ0v) is 19.9. The highest BCUT2D eigenvalue weighted by molar-refractivity contribution is 9.10.